The van der Waals surface area contributed by atoms with Crippen molar-refractivity contribution in [3.63, 3.8) is 0 Å². The molecule has 0 radical (unpaired) electrons. The smallest absolute Gasteiger partial charge is 0.215 e. The van der Waals surface area contributed by atoms with Gasteiger partial charge in [0.25, 0.3) is 0 Å². The van der Waals surface area contributed by atoms with Crippen molar-refractivity contribution in [3.05, 3.63) is 15.6 Å². The highest BCUT2D eigenvalue weighted by Gasteiger charge is 2.24. The molecule has 0 aliphatic heterocycles. The maximum atomic E-state index is 11.2. The van der Waals surface area contributed by atoms with Crippen LogP contribution in [0.4, 0.5) is 0 Å². The summed E-state index contributed by atoms with van der Waals surface area (Å²) in [6, 6.07) is 0.372. The number of nitrogens with one attached hydrogen (secondary N) is 1. The number of primary sulfonamides is 1. The fourth-order valence-corrected chi connectivity index (χ4v) is 3.80. The van der Waals surface area contributed by atoms with E-state index in [4.69, 9.17) is 5.14 Å². The number of aromatic nitrogens is 1. The van der Waals surface area contributed by atoms with Crippen LogP contribution >= 0.6 is 11.3 Å². The lowest BCUT2D eigenvalue weighted by Crippen LogP contribution is -2.23. The van der Waals surface area contributed by atoms with Gasteiger partial charge in [-0.25, -0.2) is 18.5 Å². The van der Waals surface area contributed by atoms with E-state index in [1.807, 2.05) is 0 Å². The average Bonchev–Trinajstić information content (AvgIpc) is 2.54. The number of nitrogens with two attached hydrogens (primary N) is 1. The van der Waals surface area contributed by atoms with E-state index in [1.54, 1.807) is 0 Å². The molecule has 0 bridgehead atoms. The zero-order valence-corrected chi connectivity index (χ0v) is 13.8. The zero-order chi connectivity index (χ0) is 14.8. The normalized spacial score (nSPS) is 13.2. The highest BCUT2D eigenvalue weighted by molar-refractivity contribution is 7.88. The van der Waals surface area contributed by atoms with Gasteiger partial charge in [-0.05, 0) is 0 Å². The van der Waals surface area contributed by atoms with Gasteiger partial charge in [-0.15, -0.1) is 11.3 Å². The van der Waals surface area contributed by atoms with Gasteiger partial charge in [0.05, 0.1) is 5.69 Å². The molecule has 0 saturated heterocycles. The molecular formula is C12H23N3O2S2. The quantitative estimate of drug-likeness (QED) is 0.867. The molecule has 1 aromatic heterocycles. The molecule has 0 unspecified atom stereocenters. The molecule has 0 spiro atoms. The Morgan fingerprint density at radius 3 is 2.37 bits per heavy atom. The first-order valence-electron chi connectivity index (χ1n) is 6.22. The van der Waals surface area contributed by atoms with Gasteiger partial charge in [-0.2, -0.15) is 0 Å². The molecule has 1 rings (SSSR count). The predicted octanol–water partition coefficient (Wildman–Crippen LogP) is 1.73. The van der Waals surface area contributed by atoms with Crippen LogP contribution in [0.3, 0.4) is 0 Å². The number of sulfonamides is 1. The van der Waals surface area contributed by atoms with Crippen LogP contribution in [0.25, 0.3) is 0 Å². The first-order valence-corrected chi connectivity index (χ1v) is 8.75. The Hall–Kier alpha value is -0.500. The Balaban J connectivity index is 3.06. The third-order valence-electron chi connectivity index (χ3n) is 2.45. The van der Waals surface area contributed by atoms with E-state index in [9.17, 15) is 8.42 Å². The SMILES string of the molecule is CC(C)NCc1sc(CS(N)(=O)=O)nc1C(C)(C)C. The summed E-state index contributed by atoms with van der Waals surface area (Å²) >= 11 is 1.42. The maximum absolute atomic E-state index is 11.2. The van der Waals surface area contributed by atoms with E-state index < -0.39 is 10.0 Å². The van der Waals surface area contributed by atoms with Crippen LogP contribution < -0.4 is 10.5 Å². The van der Waals surface area contributed by atoms with Gasteiger partial charge in [0.2, 0.25) is 10.0 Å². The lowest BCUT2D eigenvalue weighted by atomic mass is 9.91. The fourth-order valence-electron chi connectivity index (χ4n) is 1.64. The minimum absolute atomic E-state index is 0.110. The Labute approximate surface area is 119 Å². The van der Waals surface area contributed by atoms with Crippen molar-refractivity contribution >= 4 is 21.4 Å². The molecule has 1 heterocycles. The standard InChI is InChI=1S/C12H23N3O2S2/c1-8(2)14-6-9-11(12(3,4)5)15-10(18-9)7-19(13,16)17/h8,14H,6-7H2,1-5H3,(H2,13,16,17). The van der Waals surface area contributed by atoms with Crippen molar-refractivity contribution < 1.29 is 8.42 Å². The number of thiazole rings is 1. The summed E-state index contributed by atoms with van der Waals surface area (Å²) < 4.78 is 22.3. The topological polar surface area (TPSA) is 85.1 Å². The number of hydrogen-bond acceptors (Lipinski definition) is 5. The van der Waals surface area contributed by atoms with Gasteiger partial charge in [0, 0.05) is 22.9 Å². The minimum Gasteiger partial charge on any atom is -0.310 e. The molecule has 5 nitrogen and oxygen atoms in total. The summed E-state index contributed by atoms with van der Waals surface area (Å²) in [6.45, 7) is 11.1. The summed E-state index contributed by atoms with van der Waals surface area (Å²) in [5.74, 6) is -0.192. The lowest BCUT2D eigenvalue weighted by Gasteiger charge is -2.18. The summed E-state index contributed by atoms with van der Waals surface area (Å²) in [6.07, 6.45) is 0. The molecular weight excluding hydrogens is 282 g/mol. The number of nitrogens with zero attached hydrogens (tertiary/aromatic N) is 1. The second kappa shape index (κ2) is 5.87. The third kappa shape index (κ3) is 5.56. The van der Waals surface area contributed by atoms with Crippen molar-refractivity contribution in [1.29, 1.82) is 0 Å². The van der Waals surface area contributed by atoms with E-state index in [1.165, 1.54) is 11.3 Å². The maximum Gasteiger partial charge on any atom is 0.215 e. The van der Waals surface area contributed by atoms with Crippen molar-refractivity contribution in [3.8, 4) is 0 Å². The van der Waals surface area contributed by atoms with Crippen molar-refractivity contribution in [2.75, 3.05) is 0 Å². The molecule has 0 atom stereocenters. The Bertz CT molecular complexity index is 528. The summed E-state index contributed by atoms with van der Waals surface area (Å²) in [5, 5.41) is 8.98. The summed E-state index contributed by atoms with van der Waals surface area (Å²) in [5.41, 5.74) is 0.838. The molecule has 7 heteroatoms. The van der Waals surface area contributed by atoms with Gasteiger partial charge in [0.15, 0.2) is 0 Å². The zero-order valence-electron chi connectivity index (χ0n) is 12.1. The Kier molecular flexibility index (Phi) is 5.11. The first kappa shape index (κ1) is 16.6. The van der Waals surface area contributed by atoms with Crippen LogP contribution in [-0.2, 0) is 27.7 Å². The largest absolute Gasteiger partial charge is 0.310 e. The van der Waals surface area contributed by atoms with Crippen molar-refractivity contribution in [2.24, 2.45) is 5.14 Å². The van der Waals surface area contributed by atoms with Crippen LogP contribution in [0.2, 0.25) is 0 Å². The van der Waals surface area contributed by atoms with E-state index in [-0.39, 0.29) is 11.2 Å². The van der Waals surface area contributed by atoms with E-state index in [0.717, 1.165) is 10.6 Å². The van der Waals surface area contributed by atoms with E-state index in [2.05, 4.69) is 44.9 Å². The minimum atomic E-state index is -3.53. The van der Waals surface area contributed by atoms with Crippen LogP contribution in [0.1, 0.15) is 50.2 Å². The van der Waals surface area contributed by atoms with Crippen LogP contribution in [0, 0.1) is 0 Å². The average molecular weight is 305 g/mol. The van der Waals surface area contributed by atoms with Crippen molar-refractivity contribution in [1.82, 2.24) is 10.3 Å². The third-order valence-corrected chi connectivity index (χ3v) is 4.36. The molecule has 0 fully saturated rings. The van der Waals surface area contributed by atoms with Crippen molar-refractivity contribution in [2.45, 2.75) is 58.4 Å². The molecule has 3 N–H and O–H groups in total. The summed E-state index contributed by atoms with van der Waals surface area (Å²) in [7, 11) is -3.53. The second-order valence-electron chi connectivity index (χ2n) is 5.97. The molecule has 0 aromatic carbocycles. The Morgan fingerprint density at radius 1 is 1.37 bits per heavy atom. The fraction of sp³-hybridized carbons (Fsp3) is 0.750. The molecule has 0 aliphatic rings. The molecule has 110 valence electrons. The predicted molar refractivity (Wildman–Crippen MR) is 79.6 cm³/mol. The van der Waals surface area contributed by atoms with Gasteiger partial charge >= 0.3 is 0 Å². The van der Waals surface area contributed by atoms with Gasteiger partial charge in [-0.3, -0.25) is 0 Å². The van der Waals surface area contributed by atoms with Gasteiger partial charge in [0.1, 0.15) is 10.8 Å². The Morgan fingerprint density at radius 2 is 1.95 bits per heavy atom. The lowest BCUT2D eigenvalue weighted by molar-refractivity contribution is 0.545. The number of rotatable bonds is 5. The van der Waals surface area contributed by atoms with Crippen LogP contribution in [-0.4, -0.2) is 19.4 Å². The van der Waals surface area contributed by atoms with E-state index >= 15 is 0 Å². The molecule has 0 aliphatic carbocycles. The highest BCUT2D eigenvalue weighted by atomic mass is 32.2. The molecule has 1 aromatic rings. The van der Waals surface area contributed by atoms with Gasteiger partial charge in [-0.1, -0.05) is 34.6 Å². The van der Waals surface area contributed by atoms with Gasteiger partial charge < -0.3 is 5.32 Å². The molecule has 19 heavy (non-hydrogen) atoms. The number of hydrogen-bond donors (Lipinski definition) is 2. The monoisotopic (exact) mass is 305 g/mol. The molecule has 0 saturated carbocycles. The van der Waals surface area contributed by atoms with Crippen LogP contribution in [0.15, 0.2) is 0 Å². The summed E-state index contributed by atoms with van der Waals surface area (Å²) in [4.78, 5) is 5.55. The highest BCUT2D eigenvalue weighted by Crippen LogP contribution is 2.30. The molecule has 0 amide bonds. The van der Waals surface area contributed by atoms with E-state index in [0.29, 0.717) is 17.6 Å². The van der Waals surface area contributed by atoms with Crippen LogP contribution in [0.5, 0.6) is 0 Å². The first-order chi connectivity index (χ1) is 8.49. The second-order valence-corrected chi connectivity index (χ2v) is 8.75.